The lowest BCUT2D eigenvalue weighted by Crippen LogP contribution is -2.43. The summed E-state index contributed by atoms with van der Waals surface area (Å²) >= 11 is 0. The Kier molecular flexibility index (Phi) is 7.15. The van der Waals surface area contributed by atoms with Crippen LogP contribution in [0.5, 0.6) is 0 Å². The molecule has 0 N–H and O–H groups in total. The molecule has 0 bridgehead atoms. The Hall–Kier alpha value is -1.30. The maximum absolute atomic E-state index is 11.9. The fourth-order valence-electron chi connectivity index (χ4n) is 3.60. The van der Waals surface area contributed by atoms with Gasteiger partial charge in [-0.25, -0.2) is 4.79 Å². The van der Waals surface area contributed by atoms with Crippen LogP contribution in [0.2, 0.25) is 0 Å². The summed E-state index contributed by atoms with van der Waals surface area (Å²) in [5, 5.41) is 0. The maximum Gasteiger partial charge on any atom is 0.409 e. The molecule has 0 spiro atoms. The molecule has 0 saturated carbocycles. The lowest BCUT2D eigenvalue weighted by atomic mass is 9.94. The summed E-state index contributed by atoms with van der Waals surface area (Å²) in [6, 6.07) is 0.512. The van der Waals surface area contributed by atoms with Gasteiger partial charge in [-0.05, 0) is 59.0 Å². The van der Waals surface area contributed by atoms with Gasteiger partial charge in [0.05, 0.1) is 19.1 Å². The average molecular weight is 326 g/mol. The van der Waals surface area contributed by atoms with Gasteiger partial charge in [0, 0.05) is 19.1 Å². The average Bonchev–Trinajstić information content (AvgIpc) is 2.81. The molecule has 2 saturated heterocycles. The van der Waals surface area contributed by atoms with E-state index in [1.54, 1.807) is 0 Å². The highest BCUT2D eigenvalue weighted by Crippen LogP contribution is 2.25. The molecule has 23 heavy (non-hydrogen) atoms. The van der Waals surface area contributed by atoms with Crippen molar-refractivity contribution < 1.29 is 19.1 Å². The standard InChI is InChI=1S/C17H30N2O4/c1-3-22-16(20)14-7-11-18(12-8-14)15-6-5-10-19(13-9-15)17(21)23-4-2/h14-15H,3-13H2,1-2H3. The molecule has 0 aliphatic carbocycles. The van der Waals surface area contributed by atoms with Crippen molar-refractivity contribution in [1.29, 1.82) is 0 Å². The minimum Gasteiger partial charge on any atom is -0.466 e. The van der Waals surface area contributed by atoms with Gasteiger partial charge in [-0.3, -0.25) is 4.79 Å². The van der Waals surface area contributed by atoms with E-state index < -0.39 is 0 Å². The van der Waals surface area contributed by atoms with Crippen LogP contribution in [0.15, 0.2) is 0 Å². The quantitative estimate of drug-likeness (QED) is 0.742. The fourth-order valence-corrected chi connectivity index (χ4v) is 3.60. The zero-order valence-corrected chi connectivity index (χ0v) is 14.5. The third-order valence-electron chi connectivity index (χ3n) is 4.89. The van der Waals surface area contributed by atoms with E-state index in [0.717, 1.165) is 58.3 Å². The second-order valence-corrected chi connectivity index (χ2v) is 6.33. The number of rotatable bonds is 4. The minimum absolute atomic E-state index is 0.0403. The molecule has 2 aliphatic rings. The number of ether oxygens (including phenoxy) is 2. The monoisotopic (exact) mass is 326 g/mol. The number of hydrogen-bond acceptors (Lipinski definition) is 5. The van der Waals surface area contributed by atoms with E-state index in [4.69, 9.17) is 9.47 Å². The third kappa shape index (κ3) is 5.09. The smallest absolute Gasteiger partial charge is 0.409 e. The lowest BCUT2D eigenvalue weighted by Gasteiger charge is -2.36. The van der Waals surface area contributed by atoms with Gasteiger partial charge in [-0.2, -0.15) is 0 Å². The molecule has 6 nitrogen and oxygen atoms in total. The highest BCUT2D eigenvalue weighted by molar-refractivity contribution is 5.72. The first-order valence-electron chi connectivity index (χ1n) is 8.98. The molecule has 1 atom stereocenters. The molecule has 1 amide bonds. The summed E-state index contributed by atoms with van der Waals surface area (Å²) in [6.07, 6.45) is 4.70. The molecule has 2 heterocycles. The summed E-state index contributed by atoms with van der Waals surface area (Å²) in [5.74, 6) is 0.0227. The van der Waals surface area contributed by atoms with Crippen LogP contribution in [0.1, 0.15) is 46.0 Å². The molecular weight excluding hydrogens is 296 g/mol. The predicted octanol–water partition coefficient (Wildman–Crippen LogP) is 2.27. The van der Waals surface area contributed by atoms with Crippen LogP contribution in [0.25, 0.3) is 0 Å². The van der Waals surface area contributed by atoms with Crippen LogP contribution in [-0.2, 0) is 14.3 Å². The normalized spacial score (nSPS) is 24.1. The van der Waals surface area contributed by atoms with Crippen molar-refractivity contribution in [3.8, 4) is 0 Å². The molecular formula is C17H30N2O4. The Labute approximate surface area is 139 Å². The summed E-state index contributed by atoms with van der Waals surface area (Å²) in [6.45, 7) is 8.04. The molecule has 0 aromatic rings. The van der Waals surface area contributed by atoms with E-state index >= 15 is 0 Å². The summed E-state index contributed by atoms with van der Waals surface area (Å²) < 4.78 is 10.2. The SMILES string of the molecule is CCOC(=O)C1CCN(C2CCCN(C(=O)OCC)CC2)CC1. The molecule has 2 fully saturated rings. The van der Waals surface area contributed by atoms with Crippen molar-refractivity contribution in [3.05, 3.63) is 0 Å². The molecule has 0 aromatic heterocycles. The third-order valence-corrected chi connectivity index (χ3v) is 4.89. The second kappa shape index (κ2) is 9.11. The van der Waals surface area contributed by atoms with Gasteiger partial charge in [0.1, 0.15) is 0 Å². The van der Waals surface area contributed by atoms with Gasteiger partial charge in [0.15, 0.2) is 0 Å². The number of amides is 1. The minimum atomic E-state index is -0.186. The van der Waals surface area contributed by atoms with E-state index in [-0.39, 0.29) is 18.0 Å². The first-order valence-corrected chi connectivity index (χ1v) is 8.98. The van der Waals surface area contributed by atoms with Crippen LogP contribution >= 0.6 is 0 Å². The first-order chi connectivity index (χ1) is 11.2. The van der Waals surface area contributed by atoms with Gasteiger partial charge in [-0.15, -0.1) is 0 Å². The van der Waals surface area contributed by atoms with Crippen molar-refractivity contribution in [3.63, 3.8) is 0 Å². The number of carbonyl (C=O) groups is 2. The maximum atomic E-state index is 11.9. The summed E-state index contributed by atoms with van der Waals surface area (Å²) in [5.41, 5.74) is 0. The van der Waals surface area contributed by atoms with Crippen LogP contribution in [0.3, 0.4) is 0 Å². The van der Waals surface area contributed by atoms with Crippen LogP contribution in [0.4, 0.5) is 4.79 Å². The van der Waals surface area contributed by atoms with E-state index in [1.165, 1.54) is 0 Å². The summed E-state index contributed by atoms with van der Waals surface area (Å²) in [4.78, 5) is 28.0. The topological polar surface area (TPSA) is 59.1 Å². The summed E-state index contributed by atoms with van der Waals surface area (Å²) in [7, 11) is 0. The Bertz CT molecular complexity index is 394. The van der Waals surface area contributed by atoms with Crippen molar-refractivity contribution in [2.75, 3.05) is 39.4 Å². The highest BCUT2D eigenvalue weighted by atomic mass is 16.6. The van der Waals surface area contributed by atoms with Crippen molar-refractivity contribution in [1.82, 2.24) is 9.80 Å². The zero-order chi connectivity index (χ0) is 16.7. The number of nitrogens with zero attached hydrogens (tertiary/aromatic N) is 2. The van der Waals surface area contributed by atoms with E-state index in [0.29, 0.717) is 19.3 Å². The molecule has 0 aromatic carbocycles. The Morgan fingerprint density at radius 1 is 0.913 bits per heavy atom. The largest absolute Gasteiger partial charge is 0.466 e. The van der Waals surface area contributed by atoms with Gasteiger partial charge in [-0.1, -0.05) is 0 Å². The Balaban J connectivity index is 1.78. The lowest BCUT2D eigenvalue weighted by molar-refractivity contribution is -0.149. The molecule has 1 unspecified atom stereocenters. The van der Waals surface area contributed by atoms with Gasteiger partial charge in [0.25, 0.3) is 0 Å². The van der Waals surface area contributed by atoms with E-state index in [9.17, 15) is 9.59 Å². The highest BCUT2D eigenvalue weighted by Gasteiger charge is 2.31. The molecule has 2 aliphatic heterocycles. The van der Waals surface area contributed by atoms with Crippen molar-refractivity contribution in [2.24, 2.45) is 5.92 Å². The predicted molar refractivity (Wildman–Crippen MR) is 87.2 cm³/mol. The number of hydrogen-bond donors (Lipinski definition) is 0. The van der Waals surface area contributed by atoms with Gasteiger partial charge < -0.3 is 19.3 Å². The fraction of sp³-hybridized carbons (Fsp3) is 0.882. The van der Waals surface area contributed by atoms with Crippen molar-refractivity contribution >= 4 is 12.1 Å². The van der Waals surface area contributed by atoms with Crippen LogP contribution in [-0.4, -0.2) is 67.3 Å². The first kappa shape index (κ1) is 18.0. The Morgan fingerprint density at radius 3 is 2.26 bits per heavy atom. The van der Waals surface area contributed by atoms with Gasteiger partial charge >= 0.3 is 12.1 Å². The van der Waals surface area contributed by atoms with Crippen LogP contribution < -0.4 is 0 Å². The number of likely N-dealkylation sites (tertiary alicyclic amines) is 2. The number of esters is 1. The van der Waals surface area contributed by atoms with Gasteiger partial charge in [0.2, 0.25) is 0 Å². The molecule has 6 heteroatoms. The van der Waals surface area contributed by atoms with Crippen LogP contribution in [0, 0.1) is 5.92 Å². The van der Waals surface area contributed by atoms with E-state index in [1.807, 2.05) is 18.7 Å². The second-order valence-electron chi connectivity index (χ2n) is 6.33. The molecule has 0 radical (unpaired) electrons. The molecule has 2 rings (SSSR count). The van der Waals surface area contributed by atoms with Crippen molar-refractivity contribution in [2.45, 2.75) is 52.0 Å². The zero-order valence-electron chi connectivity index (χ0n) is 14.5. The molecule has 132 valence electrons. The van der Waals surface area contributed by atoms with E-state index in [2.05, 4.69) is 4.90 Å². The number of piperidine rings is 1. The Morgan fingerprint density at radius 2 is 1.61 bits per heavy atom. The number of carbonyl (C=O) groups excluding carboxylic acids is 2.